The van der Waals surface area contributed by atoms with E-state index in [0.717, 1.165) is 27.6 Å². The van der Waals surface area contributed by atoms with Crippen LogP contribution in [0.25, 0.3) is 22.3 Å². The van der Waals surface area contributed by atoms with E-state index >= 15 is 0 Å². The lowest BCUT2D eigenvalue weighted by molar-refractivity contribution is 1.22. The van der Waals surface area contributed by atoms with Crippen molar-refractivity contribution in [3.8, 4) is 11.4 Å². The Morgan fingerprint density at radius 3 is 2.55 bits per heavy atom. The highest BCUT2D eigenvalue weighted by Gasteiger charge is 2.12. The van der Waals surface area contributed by atoms with Gasteiger partial charge in [0.15, 0.2) is 5.82 Å². The first-order chi connectivity index (χ1) is 9.56. The minimum absolute atomic E-state index is 0.450. The molecule has 1 aromatic heterocycles. The highest BCUT2D eigenvalue weighted by molar-refractivity contribution is 6.35. The van der Waals surface area contributed by atoms with Crippen molar-refractivity contribution in [2.75, 3.05) is 0 Å². The topological polar surface area (TPSA) is 25.8 Å². The number of hydrogen-bond acceptors (Lipinski definition) is 2. The molecule has 0 aliphatic heterocycles. The van der Waals surface area contributed by atoms with Gasteiger partial charge in [0, 0.05) is 10.9 Å². The van der Waals surface area contributed by atoms with Gasteiger partial charge in [-0.15, -0.1) is 0 Å². The van der Waals surface area contributed by atoms with Gasteiger partial charge in [0.2, 0.25) is 0 Å². The van der Waals surface area contributed by atoms with Crippen LogP contribution in [-0.2, 0) is 0 Å². The molecule has 3 rings (SSSR count). The van der Waals surface area contributed by atoms with Crippen LogP contribution < -0.4 is 0 Å². The van der Waals surface area contributed by atoms with Crippen molar-refractivity contribution in [2.45, 2.75) is 13.8 Å². The van der Waals surface area contributed by atoms with Gasteiger partial charge in [0.05, 0.1) is 10.5 Å². The summed E-state index contributed by atoms with van der Waals surface area (Å²) in [5, 5.41) is 1.97. The van der Waals surface area contributed by atoms with Crippen LogP contribution in [-0.4, -0.2) is 9.97 Å². The third kappa shape index (κ3) is 2.26. The van der Waals surface area contributed by atoms with Gasteiger partial charge in [-0.25, -0.2) is 9.97 Å². The summed E-state index contributed by atoms with van der Waals surface area (Å²) in [5.41, 5.74) is 3.75. The standard InChI is InChI=1S/C16H12Cl2N2/c1-9-6-7-13-12(8-9)15(18)20-16(19-13)11-5-3-4-10(2)14(11)17/h3-8H,1-2H3. The Kier molecular flexibility index (Phi) is 3.36. The van der Waals surface area contributed by atoms with Gasteiger partial charge in [0.1, 0.15) is 5.15 Å². The van der Waals surface area contributed by atoms with Crippen LogP contribution in [0, 0.1) is 13.8 Å². The predicted molar refractivity (Wildman–Crippen MR) is 84.5 cm³/mol. The summed E-state index contributed by atoms with van der Waals surface area (Å²) < 4.78 is 0. The molecule has 0 spiro atoms. The van der Waals surface area contributed by atoms with E-state index in [0.29, 0.717) is 16.0 Å². The van der Waals surface area contributed by atoms with Gasteiger partial charge >= 0.3 is 0 Å². The monoisotopic (exact) mass is 302 g/mol. The van der Waals surface area contributed by atoms with Crippen LogP contribution in [0.3, 0.4) is 0 Å². The fourth-order valence-corrected chi connectivity index (χ4v) is 2.59. The lowest BCUT2D eigenvalue weighted by atomic mass is 10.1. The molecule has 0 amide bonds. The van der Waals surface area contributed by atoms with Crippen LogP contribution in [0.2, 0.25) is 10.2 Å². The van der Waals surface area contributed by atoms with E-state index in [2.05, 4.69) is 9.97 Å². The predicted octanol–water partition coefficient (Wildman–Crippen LogP) is 5.22. The second-order valence-electron chi connectivity index (χ2n) is 4.80. The van der Waals surface area contributed by atoms with E-state index in [9.17, 15) is 0 Å². The van der Waals surface area contributed by atoms with Crippen LogP contribution >= 0.6 is 23.2 Å². The molecule has 4 heteroatoms. The van der Waals surface area contributed by atoms with Crippen molar-refractivity contribution >= 4 is 34.1 Å². The summed E-state index contributed by atoms with van der Waals surface area (Å²) in [4.78, 5) is 8.95. The molecule has 0 N–H and O–H groups in total. The molecule has 3 aromatic rings. The van der Waals surface area contributed by atoms with E-state index in [-0.39, 0.29) is 0 Å². The van der Waals surface area contributed by atoms with Crippen LogP contribution in [0.15, 0.2) is 36.4 Å². The van der Waals surface area contributed by atoms with Gasteiger partial charge in [0.25, 0.3) is 0 Å². The first kappa shape index (κ1) is 13.3. The Morgan fingerprint density at radius 2 is 1.75 bits per heavy atom. The Balaban J connectivity index is 2.28. The molecule has 0 aliphatic carbocycles. The normalized spacial score (nSPS) is 11.0. The van der Waals surface area contributed by atoms with E-state index in [1.165, 1.54) is 0 Å². The maximum atomic E-state index is 6.33. The van der Waals surface area contributed by atoms with Gasteiger partial charge in [-0.05, 0) is 37.6 Å². The molecule has 0 radical (unpaired) electrons. The number of rotatable bonds is 1. The SMILES string of the molecule is Cc1ccc2nc(-c3cccc(C)c3Cl)nc(Cl)c2c1. The minimum Gasteiger partial charge on any atom is -0.228 e. The molecule has 2 aromatic carbocycles. The van der Waals surface area contributed by atoms with Crippen LogP contribution in [0.5, 0.6) is 0 Å². The van der Waals surface area contributed by atoms with Crippen molar-refractivity contribution in [3.05, 3.63) is 57.7 Å². The molecule has 0 saturated carbocycles. The van der Waals surface area contributed by atoms with Crippen molar-refractivity contribution < 1.29 is 0 Å². The Morgan fingerprint density at radius 1 is 0.950 bits per heavy atom. The van der Waals surface area contributed by atoms with Gasteiger partial charge in [-0.2, -0.15) is 0 Å². The number of hydrogen-bond donors (Lipinski definition) is 0. The fourth-order valence-electron chi connectivity index (χ4n) is 2.15. The average Bonchev–Trinajstić information content (AvgIpc) is 2.42. The first-order valence-electron chi connectivity index (χ1n) is 6.25. The summed E-state index contributed by atoms with van der Waals surface area (Å²) >= 11 is 12.6. The molecule has 0 atom stereocenters. The first-order valence-corrected chi connectivity index (χ1v) is 7.01. The fraction of sp³-hybridized carbons (Fsp3) is 0.125. The maximum Gasteiger partial charge on any atom is 0.163 e. The molecule has 20 heavy (non-hydrogen) atoms. The van der Waals surface area contributed by atoms with Gasteiger partial charge in [-0.3, -0.25) is 0 Å². The van der Waals surface area contributed by atoms with E-state index in [1.807, 2.05) is 50.2 Å². The number of aryl methyl sites for hydroxylation is 2. The minimum atomic E-state index is 0.450. The summed E-state index contributed by atoms with van der Waals surface area (Å²) in [7, 11) is 0. The second kappa shape index (κ2) is 5.04. The van der Waals surface area contributed by atoms with Crippen LogP contribution in [0.1, 0.15) is 11.1 Å². The van der Waals surface area contributed by atoms with Gasteiger partial charge in [-0.1, -0.05) is 47.0 Å². The summed E-state index contributed by atoms with van der Waals surface area (Å²) in [6.45, 7) is 3.97. The Bertz CT molecular complexity index is 813. The highest BCUT2D eigenvalue weighted by Crippen LogP contribution is 2.31. The largest absolute Gasteiger partial charge is 0.228 e. The molecular weight excluding hydrogens is 291 g/mol. The third-order valence-electron chi connectivity index (χ3n) is 3.24. The molecule has 0 aliphatic rings. The molecular formula is C16H12Cl2N2. The van der Waals surface area contributed by atoms with Crippen molar-refractivity contribution in [3.63, 3.8) is 0 Å². The molecule has 0 saturated heterocycles. The summed E-state index contributed by atoms with van der Waals surface area (Å²) in [5.74, 6) is 0.556. The number of fused-ring (bicyclic) bond motifs is 1. The molecule has 0 fully saturated rings. The van der Waals surface area contributed by atoms with Gasteiger partial charge < -0.3 is 0 Å². The third-order valence-corrected chi connectivity index (χ3v) is 4.03. The zero-order valence-electron chi connectivity index (χ0n) is 11.1. The quantitative estimate of drug-likeness (QED) is 0.576. The molecule has 1 heterocycles. The van der Waals surface area contributed by atoms with E-state index < -0.39 is 0 Å². The second-order valence-corrected chi connectivity index (χ2v) is 5.53. The number of benzene rings is 2. The lowest BCUT2D eigenvalue weighted by Gasteiger charge is -2.08. The van der Waals surface area contributed by atoms with Crippen molar-refractivity contribution in [1.29, 1.82) is 0 Å². The summed E-state index contributed by atoms with van der Waals surface area (Å²) in [6.07, 6.45) is 0. The van der Waals surface area contributed by atoms with E-state index in [4.69, 9.17) is 23.2 Å². The highest BCUT2D eigenvalue weighted by atomic mass is 35.5. The number of nitrogens with zero attached hydrogens (tertiary/aromatic N) is 2. The lowest BCUT2D eigenvalue weighted by Crippen LogP contribution is -1.94. The zero-order chi connectivity index (χ0) is 14.3. The zero-order valence-corrected chi connectivity index (χ0v) is 12.6. The van der Waals surface area contributed by atoms with Crippen molar-refractivity contribution in [2.24, 2.45) is 0 Å². The number of aromatic nitrogens is 2. The molecule has 100 valence electrons. The Hall–Kier alpha value is -1.64. The summed E-state index contributed by atoms with van der Waals surface area (Å²) in [6, 6.07) is 11.7. The van der Waals surface area contributed by atoms with E-state index in [1.54, 1.807) is 0 Å². The smallest absolute Gasteiger partial charge is 0.163 e. The average molecular weight is 303 g/mol. The van der Waals surface area contributed by atoms with Crippen molar-refractivity contribution in [1.82, 2.24) is 9.97 Å². The van der Waals surface area contributed by atoms with Crippen LogP contribution in [0.4, 0.5) is 0 Å². The maximum absolute atomic E-state index is 6.33. The molecule has 0 unspecified atom stereocenters. The molecule has 2 nitrogen and oxygen atoms in total. The molecule has 0 bridgehead atoms. The number of halogens is 2. The Labute approximate surface area is 127 Å².